The number of hydrogen-bond donors (Lipinski definition) is 3. The van der Waals surface area contributed by atoms with Crippen molar-refractivity contribution in [1.29, 1.82) is 0 Å². The molecule has 0 aliphatic heterocycles. The molecule has 0 saturated heterocycles. The van der Waals surface area contributed by atoms with Crippen LogP contribution in [0.5, 0.6) is 5.88 Å². The van der Waals surface area contributed by atoms with Crippen LogP contribution in [0.2, 0.25) is 0 Å². The number of nitrogens with one attached hydrogen (secondary N) is 2. The van der Waals surface area contributed by atoms with Crippen molar-refractivity contribution >= 4 is 55.6 Å². The molecule has 0 aliphatic rings. The molecule has 3 heterocycles. The summed E-state index contributed by atoms with van der Waals surface area (Å²) in [5, 5.41) is 13.3. The van der Waals surface area contributed by atoms with Crippen molar-refractivity contribution in [2.45, 2.75) is 9.10 Å². The minimum atomic E-state index is -4.23. The number of thiophene rings is 1. The average molecular weight is 507 g/mol. The minimum Gasteiger partial charge on any atom is -0.494 e. The smallest absolute Gasteiger partial charge is 0.333 e. The molecule has 0 fully saturated rings. The second kappa shape index (κ2) is 8.84. The van der Waals surface area contributed by atoms with Gasteiger partial charge in [0.1, 0.15) is 10.0 Å². The van der Waals surface area contributed by atoms with E-state index in [1.54, 1.807) is 16.9 Å². The Bertz CT molecular complexity index is 1530. The number of hydrogen-bond acceptors (Lipinski definition) is 8. The largest absolute Gasteiger partial charge is 0.494 e. The summed E-state index contributed by atoms with van der Waals surface area (Å²) in [6, 6.07) is 10.4. The highest BCUT2D eigenvalue weighted by Crippen LogP contribution is 2.28. The summed E-state index contributed by atoms with van der Waals surface area (Å²) in [7, 11) is -4.23. The van der Waals surface area contributed by atoms with Crippen molar-refractivity contribution in [3.63, 3.8) is 0 Å². The van der Waals surface area contributed by atoms with Gasteiger partial charge in [0, 0.05) is 16.3 Å². The van der Waals surface area contributed by atoms with E-state index in [2.05, 4.69) is 10.3 Å². The number of sulfonamides is 1. The van der Waals surface area contributed by atoms with Crippen LogP contribution in [0.25, 0.3) is 16.6 Å². The summed E-state index contributed by atoms with van der Waals surface area (Å²) in [5.41, 5.74) is -0.376. The predicted molar refractivity (Wildman–Crippen MR) is 124 cm³/mol. The van der Waals surface area contributed by atoms with E-state index in [9.17, 15) is 27.5 Å². The Morgan fingerprint density at radius 2 is 1.97 bits per heavy atom. The molecule has 0 radical (unpaired) electrons. The summed E-state index contributed by atoms with van der Waals surface area (Å²) >= 11 is 1.87. The third-order valence-electron chi connectivity index (χ3n) is 4.49. The van der Waals surface area contributed by atoms with E-state index in [1.165, 1.54) is 36.2 Å². The lowest BCUT2D eigenvalue weighted by atomic mass is 10.1. The number of urea groups is 1. The van der Waals surface area contributed by atoms with Gasteiger partial charge in [0.2, 0.25) is 5.88 Å². The Balaban J connectivity index is 1.57. The number of nitrogens with zero attached hydrogens (tertiary/aromatic N) is 2. The zero-order valence-electron chi connectivity index (χ0n) is 16.8. The Hall–Kier alpha value is -3.42. The molecule has 0 bridgehead atoms. The lowest BCUT2D eigenvalue weighted by Gasteiger charge is -2.12. The number of thioether (sulfide) groups is 1. The highest BCUT2D eigenvalue weighted by atomic mass is 32.2. The van der Waals surface area contributed by atoms with Gasteiger partial charge >= 0.3 is 6.03 Å². The lowest BCUT2D eigenvalue weighted by Crippen LogP contribution is -2.34. The maximum Gasteiger partial charge on any atom is 0.333 e. The molecule has 3 N–H and O–H groups in total. The van der Waals surface area contributed by atoms with E-state index in [-0.39, 0.29) is 21.6 Å². The molecule has 4 rings (SSSR count). The Labute approximate surface area is 195 Å². The first-order valence-electron chi connectivity index (χ1n) is 9.16. The van der Waals surface area contributed by atoms with Crippen LogP contribution in [0.4, 0.5) is 14.9 Å². The fourth-order valence-corrected chi connectivity index (χ4v) is 5.34. The van der Waals surface area contributed by atoms with Gasteiger partial charge in [-0.3, -0.25) is 4.79 Å². The number of pyridine rings is 2. The van der Waals surface area contributed by atoms with Crippen LogP contribution in [0.15, 0.2) is 68.6 Å². The van der Waals surface area contributed by atoms with E-state index in [0.717, 1.165) is 21.6 Å². The zero-order valence-corrected chi connectivity index (χ0v) is 19.2. The van der Waals surface area contributed by atoms with Crippen LogP contribution in [0, 0.1) is 5.13 Å². The molecule has 170 valence electrons. The fraction of sp³-hybridized carbons (Fsp3) is 0.0500. The Morgan fingerprint density at radius 1 is 1.18 bits per heavy atom. The van der Waals surface area contributed by atoms with Crippen molar-refractivity contribution in [2.24, 2.45) is 0 Å². The molecule has 0 unspecified atom stereocenters. The number of aromatic hydroxyl groups is 1. The molecule has 13 heteroatoms. The van der Waals surface area contributed by atoms with Gasteiger partial charge in [-0.25, -0.2) is 27.5 Å². The molecule has 33 heavy (non-hydrogen) atoms. The molecule has 0 spiro atoms. The normalized spacial score (nSPS) is 11.5. The Kier molecular flexibility index (Phi) is 6.10. The van der Waals surface area contributed by atoms with E-state index >= 15 is 0 Å². The summed E-state index contributed by atoms with van der Waals surface area (Å²) in [5.74, 6) is -0.185. The summed E-state index contributed by atoms with van der Waals surface area (Å²) < 4.78 is 39.7. The maximum absolute atomic E-state index is 13.1. The highest BCUT2D eigenvalue weighted by Gasteiger charge is 2.20. The first kappa shape index (κ1) is 22.8. The standard InChI is InChI=1S/C20H15FN4O5S3/c1-31-13-4-2-11-8-17(26)25(19(27)14(11)9-13)16-6-3-12(10-22-16)23-20(28)24-33(29,30)18-7-5-15(21)32-18/h2-10,27H,1H3,(H2,23,24,28). The van der Waals surface area contributed by atoms with Gasteiger partial charge in [-0.15, -0.1) is 11.8 Å². The van der Waals surface area contributed by atoms with Crippen LogP contribution in [-0.4, -0.2) is 35.4 Å². The quantitative estimate of drug-likeness (QED) is 0.353. The van der Waals surface area contributed by atoms with Gasteiger partial charge in [0.05, 0.1) is 11.9 Å². The van der Waals surface area contributed by atoms with Crippen molar-refractivity contribution in [3.8, 4) is 11.7 Å². The van der Waals surface area contributed by atoms with Gasteiger partial charge in [-0.2, -0.15) is 4.39 Å². The number of rotatable bonds is 5. The molecule has 0 atom stereocenters. The lowest BCUT2D eigenvalue weighted by molar-refractivity contribution is 0.256. The van der Waals surface area contributed by atoms with Crippen LogP contribution in [0.1, 0.15) is 0 Å². The van der Waals surface area contributed by atoms with Gasteiger partial charge in [-0.05, 0) is 48.0 Å². The number of fused-ring (bicyclic) bond motifs is 1. The highest BCUT2D eigenvalue weighted by molar-refractivity contribution is 7.98. The van der Waals surface area contributed by atoms with Crippen LogP contribution in [-0.2, 0) is 10.0 Å². The van der Waals surface area contributed by atoms with Crippen molar-refractivity contribution in [3.05, 3.63) is 70.2 Å². The molecule has 2 amide bonds. The van der Waals surface area contributed by atoms with Gasteiger partial charge < -0.3 is 10.4 Å². The topological polar surface area (TPSA) is 130 Å². The first-order chi connectivity index (χ1) is 15.7. The SMILES string of the molecule is CSc1ccc2cc(=O)n(-c3ccc(NC(=O)NS(=O)(=O)c4ccc(F)s4)cn3)c(O)c2c1. The molecule has 9 nitrogen and oxygen atoms in total. The third kappa shape index (κ3) is 4.69. The number of anilines is 1. The number of carbonyl (C=O) groups is 1. The zero-order chi connectivity index (χ0) is 23.8. The number of benzene rings is 1. The summed E-state index contributed by atoms with van der Waals surface area (Å²) in [4.78, 5) is 29.6. The fourth-order valence-electron chi connectivity index (χ4n) is 2.99. The minimum absolute atomic E-state index is 0.0987. The van der Waals surface area contributed by atoms with Crippen molar-refractivity contribution in [2.75, 3.05) is 11.6 Å². The number of carbonyl (C=O) groups excluding carboxylic acids is 1. The molecular formula is C20H15FN4O5S3. The number of halogens is 1. The van der Waals surface area contributed by atoms with Gasteiger partial charge in [-0.1, -0.05) is 17.4 Å². The monoisotopic (exact) mass is 506 g/mol. The van der Waals surface area contributed by atoms with E-state index in [1.807, 2.05) is 12.3 Å². The Morgan fingerprint density at radius 3 is 2.61 bits per heavy atom. The van der Waals surface area contributed by atoms with E-state index in [0.29, 0.717) is 22.1 Å². The van der Waals surface area contributed by atoms with Gasteiger partial charge in [0.25, 0.3) is 15.6 Å². The van der Waals surface area contributed by atoms with E-state index in [4.69, 9.17) is 0 Å². The van der Waals surface area contributed by atoms with Crippen LogP contribution < -0.4 is 15.6 Å². The second-order valence-corrected chi connectivity index (χ2v) is 10.4. The predicted octanol–water partition coefficient (Wildman–Crippen LogP) is 3.52. The van der Waals surface area contributed by atoms with E-state index < -0.39 is 26.7 Å². The first-order valence-corrected chi connectivity index (χ1v) is 12.7. The third-order valence-corrected chi connectivity index (χ3v) is 7.91. The van der Waals surface area contributed by atoms with Crippen molar-refractivity contribution in [1.82, 2.24) is 14.3 Å². The summed E-state index contributed by atoms with van der Waals surface area (Å²) in [6.45, 7) is 0. The van der Waals surface area contributed by atoms with Crippen LogP contribution >= 0.6 is 23.1 Å². The molecular weight excluding hydrogens is 491 g/mol. The molecule has 0 aliphatic carbocycles. The molecule has 3 aromatic heterocycles. The number of aromatic nitrogens is 2. The average Bonchev–Trinajstić information content (AvgIpc) is 3.22. The summed E-state index contributed by atoms with van der Waals surface area (Å²) in [6.07, 6.45) is 3.09. The number of amides is 2. The van der Waals surface area contributed by atoms with Crippen LogP contribution in [0.3, 0.4) is 0 Å². The molecule has 1 aromatic carbocycles. The molecule has 4 aromatic rings. The second-order valence-electron chi connectivity index (χ2n) is 6.62. The molecule has 0 saturated carbocycles. The van der Waals surface area contributed by atoms with Crippen molar-refractivity contribution < 1.29 is 22.7 Å². The van der Waals surface area contributed by atoms with Gasteiger partial charge in [0.15, 0.2) is 5.13 Å². The maximum atomic E-state index is 13.1.